The van der Waals surface area contributed by atoms with Gasteiger partial charge < -0.3 is 15.4 Å². The molecule has 0 bridgehead atoms. The smallest absolute Gasteiger partial charge is 0.262 e. The van der Waals surface area contributed by atoms with Crippen molar-refractivity contribution < 1.29 is 19.1 Å². The van der Waals surface area contributed by atoms with Gasteiger partial charge in [-0.15, -0.1) is 0 Å². The fraction of sp³-hybridized carbons (Fsp3) is 0.158. The number of Topliss-reactive ketones (excluding diaryl/α,β-unsaturated/α-hetero) is 1. The van der Waals surface area contributed by atoms with E-state index in [1.165, 1.54) is 25.2 Å². The van der Waals surface area contributed by atoms with Crippen molar-refractivity contribution in [2.24, 2.45) is 0 Å². The third kappa shape index (κ3) is 3.39. The van der Waals surface area contributed by atoms with Crippen LogP contribution in [0.2, 0.25) is 0 Å². The number of rotatable bonds is 4. The van der Waals surface area contributed by atoms with Gasteiger partial charge in [-0.05, 0) is 35.9 Å². The molecule has 2 aromatic rings. The molecule has 130 valence electrons. The van der Waals surface area contributed by atoms with Gasteiger partial charge in [0.1, 0.15) is 5.75 Å². The van der Waals surface area contributed by atoms with Gasteiger partial charge in [-0.3, -0.25) is 14.4 Å². The van der Waals surface area contributed by atoms with Gasteiger partial charge in [0, 0.05) is 24.6 Å². The summed E-state index contributed by atoms with van der Waals surface area (Å²) in [7, 11) is 1.49. The number of benzene rings is 2. The first-order valence-electron chi connectivity index (χ1n) is 7.87. The molecule has 0 aliphatic carbocycles. The van der Waals surface area contributed by atoms with E-state index in [0.29, 0.717) is 22.6 Å². The van der Waals surface area contributed by atoms with Gasteiger partial charge in [0.2, 0.25) is 0 Å². The first-order chi connectivity index (χ1) is 12.5. The van der Waals surface area contributed by atoms with Gasteiger partial charge in [0.15, 0.2) is 12.4 Å². The first kappa shape index (κ1) is 17.2. The molecule has 2 amide bonds. The van der Waals surface area contributed by atoms with Crippen LogP contribution in [0.3, 0.4) is 0 Å². The van der Waals surface area contributed by atoms with Crippen molar-refractivity contribution in [1.82, 2.24) is 5.32 Å². The maximum absolute atomic E-state index is 12.7. The second-order valence-electron chi connectivity index (χ2n) is 5.72. The van der Waals surface area contributed by atoms with Crippen molar-refractivity contribution in [2.45, 2.75) is 6.42 Å². The summed E-state index contributed by atoms with van der Waals surface area (Å²) < 4.78 is 5.35. The summed E-state index contributed by atoms with van der Waals surface area (Å²) in [5, 5.41) is 14.4. The second-order valence-corrected chi connectivity index (χ2v) is 5.72. The van der Waals surface area contributed by atoms with Crippen LogP contribution in [-0.2, 0) is 11.2 Å². The Hall–Kier alpha value is -3.66. The van der Waals surface area contributed by atoms with E-state index in [0.717, 1.165) is 0 Å². The standard InChI is InChI=1S/C19H15N3O4/c1-21-19(25)12-3-4-13(9-20)14(8-12)16(23)6-11-2-5-15-17(7-11)26-10-18(24)22-15/h2-5,7-8H,6,10H2,1H3,(H,21,25)(H,22,24). The number of carbonyl (C=O) groups excluding carboxylic acids is 3. The van der Waals surface area contributed by atoms with Gasteiger partial charge in [0.25, 0.3) is 11.8 Å². The number of nitrogens with one attached hydrogen (secondary N) is 2. The molecule has 1 heterocycles. The number of hydrogen-bond donors (Lipinski definition) is 2. The molecule has 0 radical (unpaired) electrons. The zero-order valence-corrected chi connectivity index (χ0v) is 14.0. The highest BCUT2D eigenvalue weighted by Crippen LogP contribution is 2.29. The third-order valence-corrected chi connectivity index (χ3v) is 3.97. The van der Waals surface area contributed by atoms with E-state index in [4.69, 9.17) is 4.74 Å². The molecular weight excluding hydrogens is 334 g/mol. The van der Waals surface area contributed by atoms with Crippen LogP contribution in [0.25, 0.3) is 0 Å². The van der Waals surface area contributed by atoms with E-state index < -0.39 is 0 Å². The van der Waals surface area contributed by atoms with E-state index in [1.54, 1.807) is 18.2 Å². The lowest BCUT2D eigenvalue weighted by atomic mass is 9.96. The summed E-state index contributed by atoms with van der Waals surface area (Å²) in [4.78, 5) is 35.8. The van der Waals surface area contributed by atoms with Crippen molar-refractivity contribution in [3.8, 4) is 11.8 Å². The molecule has 0 unspecified atom stereocenters. The van der Waals surface area contributed by atoms with Crippen molar-refractivity contribution in [1.29, 1.82) is 5.26 Å². The molecule has 0 atom stereocenters. The molecule has 7 nitrogen and oxygen atoms in total. The summed E-state index contributed by atoms with van der Waals surface area (Å²) in [5.74, 6) is -0.353. The minimum atomic E-state index is -0.332. The molecule has 0 saturated carbocycles. The number of carbonyl (C=O) groups is 3. The van der Waals surface area contributed by atoms with Gasteiger partial charge in [0.05, 0.1) is 17.3 Å². The highest BCUT2D eigenvalue weighted by Gasteiger charge is 2.19. The summed E-state index contributed by atoms with van der Waals surface area (Å²) in [6.45, 7) is -0.0723. The van der Waals surface area contributed by atoms with Crippen LogP contribution < -0.4 is 15.4 Å². The van der Waals surface area contributed by atoms with Crippen molar-refractivity contribution in [2.75, 3.05) is 19.0 Å². The Balaban J connectivity index is 1.87. The molecule has 26 heavy (non-hydrogen) atoms. The van der Waals surface area contributed by atoms with Crippen LogP contribution in [0.1, 0.15) is 31.8 Å². The molecule has 2 aromatic carbocycles. The Morgan fingerprint density at radius 1 is 1.27 bits per heavy atom. The molecule has 1 aliphatic heterocycles. The first-order valence-corrected chi connectivity index (χ1v) is 7.87. The zero-order chi connectivity index (χ0) is 18.7. The number of nitriles is 1. The van der Waals surface area contributed by atoms with Gasteiger partial charge in [-0.2, -0.15) is 5.26 Å². The quantitative estimate of drug-likeness (QED) is 0.816. The number of ether oxygens (including phenoxy) is 1. The summed E-state index contributed by atoms with van der Waals surface area (Å²) in [6, 6.07) is 11.4. The Kier molecular flexibility index (Phi) is 4.67. The fourth-order valence-corrected chi connectivity index (χ4v) is 2.67. The average molecular weight is 349 g/mol. The van der Waals surface area contributed by atoms with Crippen LogP contribution in [0, 0.1) is 11.3 Å². The Labute approximate surface area is 149 Å². The second kappa shape index (κ2) is 7.07. The summed E-state index contributed by atoms with van der Waals surface area (Å²) in [5.41, 5.74) is 1.95. The molecule has 0 spiro atoms. The van der Waals surface area contributed by atoms with Gasteiger partial charge >= 0.3 is 0 Å². The molecule has 7 heteroatoms. The average Bonchev–Trinajstić information content (AvgIpc) is 2.66. The molecule has 1 aliphatic rings. The van der Waals surface area contributed by atoms with E-state index in [1.807, 2.05) is 6.07 Å². The van der Waals surface area contributed by atoms with E-state index in [9.17, 15) is 19.6 Å². The normalized spacial score (nSPS) is 12.2. The fourth-order valence-electron chi connectivity index (χ4n) is 2.67. The Morgan fingerprint density at radius 2 is 2.08 bits per heavy atom. The van der Waals surface area contributed by atoms with Crippen LogP contribution in [0.4, 0.5) is 5.69 Å². The van der Waals surface area contributed by atoms with Crippen LogP contribution in [-0.4, -0.2) is 31.3 Å². The van der Waals surface area contributed by atoms with E-state index >= 15 is 0 Å². The number of hydrogen-bond acceptors (Lipinski definition) is 5. The monoisotopic (exact) mass is 349 g/mol. The molecule has 0 aromatic heterocycles. The molecule has 0 saturated heterocycles. The highest BCUT2D eigenvalue weighted by molar-refractivity contribution is 6.03. The maximum Gasteiger partial charge on any atom is 0.262 e. The van der Waals surface area contributed by atoms with Crippen LogP contribution in [0.5, 0.6) is 5.75 Å². The van der Waals surface area contributed by atoms with Gasteiger partial charge in [-0.25, -0.2) is 0 Å². The van der Waals surface area contributed by atoms with Crippen molar-refractivity contribution >= 4 is 23.3 Å². The minimum Gasteiger partial charge on any atom is -0.482 e. The molecule has 3 rings (SSSR count). The number of nitrogens with zero attached hydrogens (tertiary/aromatic N) is 1. The number of anilines is 1. The molecule has 0 fully saturated rings. The lowest BCUT2D eigenvalue weighted by molar-refractivity contribution is -0.118. The minimum absolute atomic E-state index is 0.0382. The topological polar surface area (TPSA) is 108 Å². The van der Waals surface area contributed by atoms with Crippen LogP contribution >= 0.6 is 0 Å². The Bertz CT molecular complexity index is 960. The lowest BCUT2D eigenvalue weighted by Gasteiger charge is -2.18. The largest absolute Gasteiger partial charge is 0.482 e. The van der Waals surface area contributed by atoms with E-state index in [2.05, 4.69) is 10.6 Å². The predicted octanol–water partition coefficient (Wildman–Crippen LogP) is 1.67. The number of fused-ring (bicyclic) bond motifs is 1. The highest BCUT2D eigenvalue weighted by atomic mass is 16.5. The summed E-state index contributed by atoms with van der Waals surface area (Å²) >= 11 is 0. The predicted molar refractivity (Wildman–Crippen MR) is 93.1 cm³/mol. The number of amides is 2. The summed E-state index contributed by atoms with van der Waals surface area (Å²) in [6.07, 6.45) is 0.0382. The van der Waals surface area contributed by atoms with Crippen molar-refractivity contribution in [3.63, 3.8) is 0 Å². The lowest BCUT2D eigenvalue weighted by Crippen LogP contribution is -2.25. The van der Waals surface area contributed by atoms with E-state index in [-0.39, 0.29) is 41.8 Å². The maximum atomic E-state index is 12.7. The zero-order valence-electron chi connectivity index (χ0n) is 14.0. The number of ketones is 1. The third-order valence-electron chi connectivity index (χ3n) is 3.97. The van der Waals surface area contributed by atoms with Crippen molar-refractivity contribution in [3.05, 3.63) is 58.7 Å². The Morgan fingerprint density at radius 3 is 2.81 bits per heavy atom. The SMILES string of the molecule is CNC(=O)c1ccc(C#N)c(C(=O)Cc2ccc3c(c2)OCC(=O)N3)c1. The molecular formula is C19H15N3O4. The van der Waals surface area contributed by atoms with Gasteiger partial charge in [-0.1, -0.05) is 6.07 Å². The van der Waals surface area contributed by atoms with Crippen LogP contribution in [0.15, 0.2) is 36.4 Å². The molecule has 2 N–H and O–H groups in total.